The summed E-state index contributed by atoms with van der Waals surface area (Å²) in [6.45, 7) is 7.52. The van der Waals surface area contributed by atoms with E-state index in [9.17, 15) is 0 Å². The molecule has 2 N–H and O–H groups in total. The first kappa shape index (κ1) is 10.5. The first-order valence-electron chi connectivity index (χ1n) is 5.84. The zero-order valence-electron chi connectivity index (χ0n) is 9.66. The van der Waals surface area contributed by atoms with Gasteiger partial charge in [0.15, 0.2) is 0 Å². The minimum Gasteiger partial charge on any atom is -0.371 e. The van der Waals surface area contributed by atoms with Gasteiger partial charge in [0.25, 0.3) is 0 Å². The number of para-hydroxylation sites is 1. The molecular formula is C13H20N2. The monoisotopic (exact) mass is 204 g/mol. The first-order valence-corrected chi connectivity index (χ1v) is 5.84. The van der Waals surface area contributed by atoms with Crippen LogP contribution in [0.2, 0.25) is 0 Å². The Morgan fingerprint density at radius 1 is 1.47 bits per heavy atom. The van der Waals surface area contributed by atoms with Gasteiger partial charge in [0.05, 0.1) is 0 Å². The van der Waals surface area contributed by atoms with E-state index in [4.69, 9.17) is 5.73 Å². The van der Waals surface area contributed by atoms with E-state index in [1.54, 1.807) is 0 Å². The quantitative estimate of drug-likeness (QED) is 0.817. The average molecular weight is 204 g/mol. The Kier molecular flexibility index (Phi) is 2.96. The van der Waals surface area contributed by atoms with E-state index < -0.39 is 0 Å². The Balaban J connectivity index is 2.43. The Hall–Kier alpha value is -1.02. The van der Waals surface area contributed by atoms with E-state index in [-0.39, 0.29) is 0 Å². The normalized spacial score (nSPS) is 19.4. The highest BCUT2D eigenvalue weighted by Gasteiger charge is 2.25. The van der Waals surface area contributed by atoms with Crippen LogP contribution < -0.4 is 10.6 Å². The number of anilines is 1. The third-order valence-electron chi connectivity index (χ3n) is 3.29. The number of hydrogen-bond donors (Lipinski definition) is 1. The molecule has 0 radical (unpaired) electrons. The maximum atomic E-state index is 5.66. The summed E-state index contributed by atoms with van der Waals surface area (Å²) in [4.78, 5) is 2.48. The van der Waals surface area contributed by atoms with Crippen molar-refractivity contribution in [2.75, 3.05) is 24.5 Å². The molecule has 2 nitrogen and oxygen atoms in total. The predicted octanol–water partition coefficient (Wildman–Crippen LogP) is 2.13. The summed E-state index contributed by atoms with van der Waals surface area (Å²) in [7, 11) is 0. The number of nitrogens with zero attached hydrogens (tertiary/aromatic N) is 1. The van der Waals surface area contributed by atoms with Crippen molar-refractivity contribution in [1.82, 2.24) is 0 Å². The van der Waals surface area contributed by atoms with E-state index in [1.807, 2.05) is 0 Å². The smallest absolute Gasteiger partial charge is 0.0435 e. The molecule has 0 fully saturated rings. The standard InChI is InChI=1S/C13H20N2/c1-3-15-9-10(2)12-6-4-5-11(7-8-14)13(12)15/h4-6,10H,3,7-9,14H2,1-2H3. The molecule has 0 spiro atoms. The van der Waals surface area contributed by atoms with Crippen molar-refractivity contribution in [3.8, 4) is 0 Å². The van der Waals surface area contributed by atoms with Gasteiger partial charge in [-0.15, -0.1) is 0 Å². The van der Waals surface area contributed by atoms with E-state index in [0.29, 0.717) is 5.92 Å². The molecule has 1 aromatic rings. The van der Waals surface area contributed by atoms with Crippen LogP contribution in [0.3, 0.4) is 0 Å². The van der Waals surface area contributed by atoms with Crippen LogP contribution in [0.25, 0.3) is 0 Å². The number of likely N-dealkylation sites (N-methyl/N-ethyl adjacent to an activating group) is 1. The highest BCUT2D eigenvalue weighted by Crippen LogP contribution is 2.38. The van der Waals surface area contributed by atoms with Gasteiger partial charge in [-0.05, 0) is 31.0 Å². The molecule has 1 aliphatic rings. The van der Waals surface area contributed by atoms with Gasteiger partial charge in [0.1, 0.15) is 0 Å². The van der Waals surface area contributed by atoms with Crippen molar-refractivity contribution < 1.29 is 0 Å². The van der Waals surface area contributed by atoms with E-state index in [1.165, 1.54) is 16.8 Å². The fourth-order valence-electron chi connectivity index (χ4n) is 2.56. The summed E-state index contributed by atoms with van der Waals surface area (Å²) in [5, 5.41) is 0. The molecule has 1 aromatic carbocycles. The fourth-order valence-corrected chi connectivity index (χ4v) is 2.56. The molecule has 0 bridgehead atoms. The summed E-state index contributed by atoms with van der Waals surface area (Å²) < 4.78 is 0. The molecule has 15 heavy (non-hydrogen) atoms. The molecule has 0 saturated carbocycles. The SMILES string of the molecule is CCN1CC(C)c2cccc(CCN)c21. The maximum Gasteiger partial charge on any atom is 0.0435 e. The fraction of sp³-hybridized carbons (Fsp3) is 0.538. The molecule has 0 aromatic heterocycles. The lowest BCUT2D eigenvalue weighted by atomic mass is 9.99. The highest BCUT2D eigenvalue weighted by molar-refractivity contribution is 5.65. The second-order valence-electron chi connectivity index (χ2n) is 4.33. The van der Waals surface area contributed by atoms with Gasteiger partial charge in [0, 0.05) is 24.7 Å². The molecule has 1 unspecified atom stereocenters. The molecule has 2 heteroatoms. The van der Waals surface area contributed by atoms with Crippen molar-refractivity contribution in [3.63, 3.8) is 0 Å². The summed E-state index contributed by atoms with van der Waals surface area (Å²) in [5.74, 6) is 0.665. The van der Waals surface area contributed by atoms with Crippen LogP contribution in [0.4, 0.5) is 5.69 Å². The topological polar surface area (TPSA) is 29.3 Å². The van der Waals surface area contributed by atoms with Crippen LogP contribution in [0, 0.1) is 0 Å². The summed E-state index contributed by atoms with van der Waals surface area (Å²) in [6, 6.07) is 6.64. The third kappa shape index (κ3) is 1.74. The predicted molar refractivity (Wildman–Crippen MR) is 65.5 cm³/mol. The van der Waals surface area contributed by atoms with Gasteiger partial charge in [-0.1, -0.05) is 25.1 Å². The second-order valence-corrected chi connectivity index (χ2v) is 4.33. The Morgan fingerprint density at radius 3 is 2.93 bits per heavy atom. The summed E-state index contributed by atoms with van der Waals surface area (Å²) in [6.07, 6.45) is 0.992. The molecule has 0 aliphatic carbocycles. The zero-order valence-corrected chi connectivity index (χ0v) is 9.66. The van der Waals surface area contributed by atoms with Crippen molar-refractivity contribution in [3.05, 3.63) is 29.3 Å². The third-order valence-corrected chi connectivity index (χ3v) is 3.29. The number of benzene rings is 1. The molecule has 0 amide bonds. The van der Waals surface area contributed by atoms with Crippen molar-refractivity contribution in [2.45, 2.75) is 26.2 Å². The molecule has 2 rings (SSSR count). The van der Waals surface area contributed by atoms with Crippen LogP contribution in [-0.4, -0.2) is 19.6 Å². The largest absolute Gasteiger partial charge is 0.371 e. The zero-order chi connectivity index (χ0) is 10.8. The van der Waals surface area contributed by atoms with E-state index >= 15 is 0 Å². The summed E-state index contributed by atoms with van der Waals surface area (Å²) >= 11 is 0. The van der Waals surface area contributed by atoms with Gasteiger partial charge in [-0.2, -0.15) is 0 Å². The minimum atomic E-state index is 0.665. The molecular weight excluding hydrogens is 184 g/mol. The molecule has 1 heterocycles. The lowest BCUT2D eigenvalue weighted by molar-refractivity contribution is 0.761. The Labute approximate surface area is 92.1 Å². The minimum absolute atomic E-state index is 0.665. The van der Waals surface area contributed by atoms with Crippen molar-refractivity contribution in [1.29, 1.82) is 0 Å². The Bertz CT molecular complexity index is 346. The van der Waals surface area contributed by atoms with Gasteiger partial charge in [-0.25, -0.2) is 0 Å². The number of hydrogen-bond acceptors (Lipinski definition) is 2. The average Bonchev–Trinajstić information content (AvgIpc) is 2.58. The Morgan fingerprint density at radius 2 is 2.27 bits per heavy atom. The second kappa shape index (κ2) is 4.23. The first-order chi connectivity index (χ1) is 7.27. The van der Waals surface area contributed by atoms with Crippen molar-refractivity contribution in [2.24, 2.45) is 5.73 Å². The van der Waals surface area contributed by atoms with Crippen molar-refractivity contribution >= 4 is 5.69 Å². The molecule has 0 saturated heterocycles. The van der Waals surface area contributed by atoms with Crippen LogP contribution in [0.5, 0.6) is 0 Å². The van der Waals surface area contributed by atoms with Crippen LogP contribution in [0.1, 0.15) is 30.9 Å². The van der Waals surface area contributed by atoms with E-state index in [0.717, 1.165) is 26.1 Å². The number of fused-ring (bicyclic) bond motifs is 1. The van der Waals surface area contributed by atoms with Gasteiger partial charge < -0.3 is 10.6 Å². The lowest BCUT2D eigenvalue weighted by Gasteiger charge is -2.20. The van der Waals surface area contributed by atoms with Gasteiger partial charge in [-0.3, -0.25) is 0 Å². The molecule has 1 atom stereocenters. The van der Waals surface area contributed by atoms with Crippen LogP contribution in [0.15, 0.2) is 18.2 Å². The lowest BCUT2D eigenvalue weighted by Crippen LogP contribution is -2.21. The summed E-state index contributed by atoms with van der Waals surface area (Å²) in [5.41, 5.74) is 10.0. The highest BCUT2D eigenvalue weighted by atomic mass is 15.1. The van der Waals surface area contributed by atoms with Gasteiger partial charge in [0.2, 0.25) is 0 Å². The molecule has 1 aliphatic heterocycles. The number of rotatable bonds is 3. The van der Waals surface area contributed by atoms with Crippen LogP contribution >= 0.6 is 0 Å². The van der Waals surface area contributed by atoms with E-state index in [2.05, 4.69) is 36.9 Å². The number of nitrogens with two attached hydrogens (primary N) is 1. The maximum absolute atomic E-state index is 5.66. The molecule has 82 valence electrons. The van der Waals surface area contributed by atoms with Crippen LogP contribution in [-0.2, 0) is 6.42 Å². The van der Waals surface area contributed by atoms with Gasteiger partial charge >= 0.3 is 0 Å².